The lowest BCUT2D eigenvalue weighted by atomic mass is 10.0. The Morgan fingerprint density at radius 1 is 0.439 bits per heavy atom. The molecule has 0 atom stereocenters. The third-order valence-corrected chi connectivity index (χ3v) is 13.1. The van der Waals surface area contributed by atoms with Crippen LogP contribution in [0.15, 0.2) is 146 Å². The first-order valence-electron chi connectivity index (χ1n) is 28.7. The maximum Gasteiger partial charge on any atom is 0.419 e. The van der Waals surface area contributed by atoms with Gasteiger partial charge < -0.3 is 19.1 Å². The van der Waals surface area contributed by atoms with Crippen molar-refractivity contribution in [1.82, 2.24) is 0 Å². The third kappa shape index (κ3) is 27.5. The summed E-state index contributed by atoms with van der Waals surface area (Å²) >= 11 is 0. The molecule has 0 spiro atoms. The van der Waals surface area contributed by atoms with Crippen molar-refractivity contribution in [2.24, 2.45) is 0 Å². The van der Waals surface area contributed by atoms with Gasteiger partial charge in [0.15, 0.2) is 34.7 Å². The molecule has 1 fully saturated rings. The van der Waals surface area contributed by atoms with Gasteiger partial charge in [-0.25, -0.2) is 22.0 Å². The number of benzene rings is 7. The van der Waals surface area contributed by atoms with Gasteiger partial charge in [-0.15, -0.1) is 0 Å². The van der Waals surface area contributed by atoms with Gasteiger partial charge >= 0.3 is 12.4 Å². The molecule has 0 aliphatic carbocycles. The van der Waals surface area contributed by atoms with Crippen LogP contribution in [-0.2, 0) is 30.2 Å². The van der Waals surface area contributed by atoms with E-state index in [0.29, 0.717) is 23.4 Å². The van der Waals surface area contributed by atoms with Crippen LogP contribution in [0.4, 0.5) is 54.0 Å². The predicted molar refractivity (Wildman–Crippen MR) is 330 cm³/mol. The standard InChI is InChI=1S/C17H12F3NO2.C14H16N2O.C11H8F3NO2.C10H7F2NO.C10H8FNO2.C9H5F2NO/c18-17(19,20)14-10-13(15(22)8-9-21)6-7-16(14)23-11-12-4-2-1-3-5-12;15-9-8-14(17)12-4-6-13(7-5-12)16-10-2-1-3-11-16;1-17-10-3-2-7(9(16)4-5-15)6-8(10)11(12,13)14;11-8-2-1-7(10(12)6-8)5-9(14)3-4-13;1-14-7-2-3-8(9(11)6-7)10(13)4-5-12;10-7-3-6(4-8(11)5-7)9(13)1-2-12/h1-7,10H,8,11H2;4-7H,1-3,8,10-11H2;2-3,6H,4H2,1H3;1-2,6H,3,5H2;2-3,6H,4H2,1H3;3-5H,1H2. The van der Waals surface area contributed by atoms with E-state index in [1.807, 2.05) is 30.3 Å². The molecule has 0 saturated carbocycles. The number of carbonyl (C=O) groups is 6. The number of ketones is 6. The first-order chi connectivity index (χ1) is 46.6. The molecule has 506 valence electrons. The highest BCUT2D eigenvalue weighted by Crippen LogP contribution is 2.38. The van der Waals surface area contributed by atoms with Gasteiger partial charge in [0.1, 0.15) is 52.9 Å². The van der Waals surface area contributed by atoms with E-state index < -0.39 is 88.5 Å². The van der Waals surface area contributed by atoms with E-state index in [1.165, 1.54) is 62.4 Å². The molecule has 0 amide bonds. The lowest BCUT2D eigenvalue weighted by molar-refractivity contribution is -0.139. The number of carbonyl (C=O) groups excluding carboxylic acids is 6. The van der Waals surface area contributed by atoms with Gasteiger partial charge in [0.2, 0.25) is 0 Å². The zero-order valence-electron chi connectivity index (χ0n) is 52.0. The summed E-state index contributed by atoms with van der Waals surface area (Å²) in [5, 5.41) is 49.9. The van der Waals surface area contributed by atoms with Crippen LogP contribution in [0.1, 0.15) is 132 Å². The van der Waals surface area contributed by atoms with Gasteiger partial charge in [0.25, 0.3) is 0 Å². The van der Waals surface area contributed by atoms with Gasteiger partial charge in [0, 0.05) is 65.7 Å². The van der Waals surface area contributed by atoms with Crippen molar-refractivity contribution in [2.75, 3.05) is 32.2 Å². The molecule has 0 N–H and O–H groups in total. The molecule has 1 heterocycles. The van der Waals surface area contributed by atoms with E-state index in [4.69, 9.17) is 41.0 Å². The zero-order chi connectivity index (χ0) is 73.0. The first-order valence-corrected chi connectivity index (χ1v) is 28.7. The van der Waals surface area contributed by atoms with E-state index in [1.54, 1.807) is 60.7 Å². The largest absolute Gasteiger partial charge is 0.497 e. The van der Waals surface area contributed by atoms with Gasteiger partial charge in [-0.3, -0.25) is 28.8 Å². The van der Waals surface area contributed by atoms with Crippen molar-refractivity contribution in [3.63, 3.8) is 0 Å². The molecular formula is C71H56F11N7O9. The van der Waals surface area contributed by atoms with Crippen molar-refractivity contribution in [3.8, 4) is 53.7 Å². The van der Waals surface area contributed by atoms with E-state index in [9.17, 15) is 77.1 Å². The second-order valence-electron chi connectivity index (χ2n) is 20.1. The van der Waals surface area contributed by atoms with Crippen LogP contribution in [0, 0.1) is 97.1 Å². The second-order valence-corrected chi connectivity index (χ2v) is 20.1. The Balaban J connectivity index is 0.000000310. The van der Waals surface area contributed by atoms with Crippen molar-refractivity contribution in [3.05, 3.63) is 225 Å². The predicted octanol–water partition coefficient (Wildman–Crippen LogP) is 15.9. The Hall–Kier alpha value is -12.1. The number of hydrogen-bond acceptors (Lipinski definition) is 16. The van der Waals surface area contributed by atoms with Crippen LogP contribution >= 0.6 is 0 Å². The molecule has 16 nitrogen and oxygen atoms in total. The van der Waals surface area contributed by atoms with Crippen molar-refractivity contribution in [2.45, 2.75) is 83.2 Å². The summed E-state index contributed by atoms with van der Waals surface area (Å²) in [5.41, 5.74) is 0.0976. The number of ether oxygens (including phenoxy) is 3. The van der Waals surface area contributed by atoms with Crippen LogP contribution in [0.25, 0.3) is 0 Å². The minimum Gasteiger partial charge on any atom is -0.497 e. The van der Waals surface area contributed by atoms with Crippen molar-refractivity contribution >= 4 is 40.4 Å². The fourth-order valence-electron chi connectivity index (χ4n) is 8.35. The van der Waals surface area contributed by atoms with E-state index in [-0.39, 0.29) is 89.6 Å². The molecular weight excluding hydrogens is 1300 g/mol. The molecule has 98 heavy (non-hydrogen) atoms. The lowest BCUT2D eigenvalue weighted by Crippen LogP contribution is -2.29. The number of hydrogen-bond donors (Lipinski definition) is 0. The number of alkyl halides is 6. The van der Waals surface area contributed by atoms with E-state index in [0.717, 1.165) is 74.3 Å². The zero-order valence-corrected chi connectivity index (χ0v) is 52.0. The summed E-state index contributed by atoms with van der Waals surface area (Å²) in [6.45, 7) is 2.19. The summed E-state index contributed by atoms with van der Waals surface area (Å²) in [4.78, 5) is 69.8. The van der Waals surface area contributed by atoms with Crippen LogP contribution in [0.5, 0.6) is 17.2 Å². The average molecular weight is 1360 g/mol. The Morgan fingerprint density at radius 2 is 0.908 bits per heavy atom. The van der Waals surface area contributed by atoms with Gasteiger partial charge in [-0.2, -0.15) is 57.9 Å². The van der Waals surface area contributed by atoms with Crippen LogP contribution < -0.4 is 19.1 Å². The van der Waals surface area contributed by atoms with Crippen molar-refractivity contribution in [1.29, 1.82) is 31.6 Å². The number of rotatable bonds is 19. The van der Waals surface area contributed by atoms with Crippen molar-refractivity contribution < 1.29 is 91.3 Å². The Kier molecular flexibility index (Phi) is 33.5. The number of anilines is 1. The fourth-order valence-corrected chi connectivity index (χ4v) is 8.35. The minimum absolute atomic E-state index is 0.0184. The summed E-state index contributed by atoms with van der Waals surface area (Å²) in [6, 6.07) is 41.9. The maximum absolute atomic E-state index is 13.2. The molecule has 0 aromatic heterocycles. The monoisotopic (exact) mass is 1360 g/mol. The van der Waals surface area contributed by atoms with Crippen LogP contribution in [-0.4, -0.2) is 62.0 Å². The highest BCUT2D eigenvalue weighted by atomic mass is 19.4. The summed E-state index contributed by atoms with van der Waals surface area (Å²) in [5.74, 6) is -6.99. The molecule has 0 bridgehead atoms. The maximum atomic E-state index is 13.2. The summed E-state index contributed by atoms with van der Waals surface area (Å²) in [6.07, 6.45) is -7.53. The topological polar surface area (TPSA) is 276 Å². The molecule has 0 unspecified atom stereocenters. The highest BCUT2D eigenvalue weighted by molar-refractivity contribution is 6.00. The molecule has 7 aromatic carbocycles. The number of nitriles is 6. The van der Waals surface area contributed by atoms with Crippen LogP contribution in [0.2, 0.25) is 0 Å². The average Bonchev–Trinajstić information content (AvgIpc) is 0.821. The number of piperidine rings is 1. The SMILES string of the molecule is COc1ccc(C(=O)CC#N)c(F)c1.COc1ccc(C(=O)CC#N)cc1C(F)(F)F.N#CCC(=O)Cc1ccc(F)cc1F.N#CCC(=O)c1cc(F)cc(F)c1.N#CCC(=O)c1ccc(N2CCCCC2)cc1.N#CCC(=O)c1ccc(OCc2ccccc2)c(C(F)(F)F)c1. The third-order valence-electron chi connectivity index (χ3n) is 13.1. The van der Waals surface area contributed by atoms with Gasteiger partial charge in [-0.1, -0.05) is 36.4 Å². The number of Topliss-reactive ketones (excluding diaryl/α,β-unsaturated/α-hetero) is 6. The Labute approximate surface area is 555 Å². The minimum atomic E-state index is -4.66. The smallest absolute Gasteiger partial charge is 0.419 e. The first kappa shape index (κ1) is 80.2. The molecule has 27 heteroatoms. The molecule has 1 aliphatic heterocycles. The van der Waals surface area contributed by atoms with Gasteiger partial charge in [-0.05, 0) is 121 Å². The number of nitrogens with zero attached hydrogens (tertiary/aromatic N) is 7. The highest BCUT2D eigenvalue weighted by Gasteiger charge is 2.36. The van der Waals surface area contributed by atoms with E-state index >= 15 is 0 Å². The van der Waals surface area contributed by atoms with Gasteiger partial charge in [0.05, 0.1) is 106 Å². The normalized spacial score (nSPS) is 11.0. The number of halogens is 11. The summed E-state index contributed by atoms with van der Waals surface area (Å²) < 4.78 is 156. The summed E-state index contributed by atoms with van der Waals surface area (Å²) in [7, 11) is 2.52. The molecule has 7 aromatic rings. The molecule has 8 rings (SSSR count). The second kappa shape index (κ2) is 40.9. The molecule has 1 saturated heterocycles. The fraction of sp³-hybridized carbons (Fsp3) is 0.239. The molecule has 1 aliphatic rings. The number of methoxy groups -OCH3 is 2. The van der Waals surface area contributed by atoms with Crippen LogP contribution in [0.3, 0.4) is 0 Å². The Morgan fingerprint density at radius 3 is 1.38 bits per heavy atom. The molecule has 0 radical (unpaired) electrons. The lowest BCUT2D eigenvalue weighted by Gasteiger charge is -2.28. The Bertz CT molecular complexity index is 4160. The quantitative estimate of drug-likeness (QED) is 0.0537. The van der Waals surface area contributed by atoms with E-state index in [2.05, 4.69) is 9.64 Å².